The van der Waals surface area contributed by atoms with Crippen LogP contribution in [0.2, 0.25) is 0 Å². The quantitative estimate of drug-likeness (QED) is 0.392. The minimum absolute atomic E-state index is 0.150. The van der Waals surface area contributed by atoms with Crippen LogP contribution in [0.1, 0.15) is 0 Å². The lowest BCUT2D eigenvalue weighted by Crippen LogP contribution is -2.19. The van der Waals surface area contributed by atoms with Gasteiger partial charge < -0.3 is 0 Å². The van der Waals surface area contributed by atoms with Crippen molar-refractivity contribution in [1.82, 2.24) is 0 Å². The molecule has 0 N–H and O–H groups in total. The summed E-state index contributed by atoms with van der Waals surface area (Å²) in [5.74, 6) is 0. The van der Waals surface area contributed by atoms with Gasteiger partial charge in [0.15, 0.2) is 5.02 Å². The zero-order valence-corrected chi connectivity index (χ0v) is 2.62. The Morgan fingerprint density at radius 2 is 2.50 bits per heavy atom. The van der Waals surface area contributed by atoms with Gasteiger partial charge in [0.2, 0.25) is 0 Å². The van der Waals surface area contributed by atoms with Gasteiger partial charge in [-0.3, -0.25) is 4.84 Å². The molecule has 6 heavy (non-hydrogen) atoms. The summed E-state index contributed by atoms with van der Waals surface area (Å²) in [4.78, 5) is 13.1. The molecule has 1 rings (SSSR count). The third-order valence-corrected chi connectivity index (χ3v) is 0.319. The second kappa shape index (κ2) is 0.675. The fraction of sp³-hybridized carbons (Fsp3) is 0. The molecule has 0 aromatic carbocycles. The predicted molar refractivity (Wildman–Crippen MR) is 12.5 cm³/mol. The number of hydrogen-bond acceptors (Lipinski definition) is 3. The molecule has 0 radical (unpaired) electrons. The molecule has 0 fully saturated rings. The van der Waals surface area contributed by atoms with E-state index in [2.05, 4.69) is 9.95 Å². The third-order valence-electron chi connectivity index (χ3n) is 0.319. The molecule has 0 saturated carbocycles. The first kappa shape index (κ1) is 3.08. The van der Waals surface area contributed by atoms with E-state index < -0.39 is 6.09 Å². The number of amides is 1. The molecule has 0 aromatic heterocycles. The summed E-state index contributed by atoms with van der Waals surface area (Å²) in [5.41, 5.74) is 0. The van der Waals surface area contributed by atoms with E-state index in [1.807, 2.05) is 0 Å². The molecule has 0 bridgehead atoms. The van der Waals surface area contributed by atoms with E-state index in [9.17, 15) is 10.0 Å². The Morgan fingerprint density at radius 1 is 2.00 bits per heavy atom. The van der Waals surface area contributed by atoms with Gasteiger partial charge in [0.05, 0.1) is 0 Å². The van der Waals surface area contributed by atoms with E-state index in [0.29, 0.717) is 0 Å². The summed E-state index contributed by atoms with van der Waals surface area (Å²) in [6.45, 7) is 0. The summed E-state index contributed by atoms with van der Waals surface area (Å²) in [7, 11) is 0. The van der Waals surface area contributed by atoms with Crippen LogP contribution in [0.4, 0.5) is 4.79 Å². The van der Waals surface area contributed by atoms with E-state index >= 15 is 0 Å². The third kappa shape index (κ3) is 0.213. The lowest BCUT2D eigenvalue weighted by Gasteiger charge is -1.98. The van der Waals surface area contributed by atoms with Gasteiger partial charge in [-0.1, -0.05) is 0 Å². The van der Waals surface area contributed by atoms with Crippen LogP contribution in [0.5, 0.6) is 0 Å². The first-order valence-corrected chi connectivity index (χ1v) is 1.20. The molecule has 1 heterocycles. The van der Waals surface area contributed by atoms with Gasteiger partial charge in [-0.25, -0.2) is 10.0 Å². The van der Waals surface area contributed by atoms with Crippen molar-refractivity contribution in [2.45, 2.75) is 0 Å². The molecular formula is CN2O3. The van der Waals surface area contributed by atoms with Crippen molar-refractivity contribution in [3.05, 3.63) is 5.21 Å². The maximum absolute atomic E-state index is 9.48. The van der Waals surface area contributed by atoms with Crippen LogP contribution in [0.15, 0.2) is 5.11 Å². The highest BCUT2D eigenvalue weighted by Gasteiger charge is 2.17. The maximum atomic E-state index is 9.48. The van der Waals surface area contributed by atoms with Crippen LogP contribution < -0.4 is 0 Å². The first-order chi connectivity index (χ1) is 2.79. The molecular weight excluding hydrogens is 88.0 g/mol. The maximum Gasteiger partial charge on any atom is 0.442 e. The van der Waals surface area contributed by atoms with Crippen LogP contribution in [0, 0.1) is 5.21 Å². The van der Waals surface area contributed by atoms with Crippen LogP contribution in [0.3, 0.4) is 0 Å². The van der Waals surface area contributed by atoms with Gasteiger partial charge in [-0.15, -0.1) is 0 Å². The molecule has 1 aliphatic rings. The molecule has 0 atom stereocenters. The van der Waals surface area contributed by atoms with Crippen molar-refractivity contribution in [3.63, 3.8) is 0 Å². The fourth-order valence-electron chi connectivity index (χ4n) is 0.139. The molecule has 0 aromatic rings. The van der Waals surface area contributed by atoms with Crippen LogP contribution >= 0.6 is 0 Å². The summed E-state index contributed by atoms with van der Waals surface area (Å²) in [5, 5.41) is 11.9. The zero-order chi connectivity index (χ0) is 4.57. The standard InChI is InChI=1S/CN2O3/c4-1-2-3(5)6-1. The molecule has 0 saturated heterocycles. The van der Waals surface area contributed by atoms with Crippen LogP contribution in [0.25, 0.3) is 0 Å². The molecule has 1 amide bonds. The average Bonchev–Trinajstić information content (AvgIpc) is 1.33. The van der Waals surface area contributed by atoms with E-state index in [0.717, 1.165) is 0 Å². The summed E-state index contributed by atoms with van der Waals surface area (Å²) in [6.07, 6.45) is -0.829. The minimum atomic E-state index is -0.829. The SMILES string of the molecule is O=C1N=[N+]([O-])O1. The van der Waals surface area contributed by atoms with Crippen molar-refractivity contribution < 1.29 is 14.7 Å². The summed E-state index contributed by atoms with van der Waals surface area (Å²) in [6, 6.07) is 0. The van der Waals surface area contributed by atoms with Crippen molar-refractivity contribution >= 4 is 6.09 Å². The zero-order valence-electron chi connectivity index (χ0n) is 2.62. The Kier molecular flexibility index (Phi) is 0.346. The average molecular weight is 88.0 g/mol. The molecule has 0 spiro atoms. The number of nitrogens with zero attached hydrogens (tertiary/aromatic N) is 2. The highest BCUT2D eigenvalue weighted by atomic mass is 16.9. The van der Waals surface area contributed by atoms with Gasteiger partial charge in [-0.05, 0) is 0 Å². The van der Waals surface area contributed by atoms with Gasteiger partial charge in [-0.2, -0.15) is 0 Å². The van der Waals surface area contributed by atoms with Gasteiger partial charge in [0.25, 0.3) is 0 Å². The molecule has 0 unspecified atom stereocenters. The lowest BCUT2D eigenvalue weighted by atomic mass is 11.2. The van der Waals surface area contributed by atoms with Crippen LogP contribution in [-0.4, -0.2) is 11.1 Å². The van der Waals surface area contributed by atoms with Crippen molar-refractivity contribution in [2.24, 2.45) is 5.11 Å². The smallest absolute Gasteiger partial charge is 0.273 e. The largest absolute Gasteiger partial charge is 0.442 e. The Morgan fingerprint density at radius 3 is 2.50 bits per heavy atom. The number of hydrogen-bond donors (Lipinski definition) is 0. The monoisotopic (exact) mass is 88.0 g/mol. The predicted octanol–water partition coefficient (Wildman–Crippen LogP) is 0.0141. The normalized spacial score (nSPS) is 18.0. The Balaban J connectivity index is 2.68. The highest BCUT2D eigenvalue weighted by molar-refractivity contribution is 5.67. The van der Waals surface area contributed by atoms with Crippen molar-refractivity contribution in [2.75, 3.05) is 0 Å². The first-order valence-electron chi connectivity index (χ1n) is 1.20. The Labute approximate surface area is 32.4 Å². The lowest BCUT2D eigenvalue weighted by molar-refractivity contribution is -0.792. The highest BCUT2D eigenvalue weighted by Crippen LogP contribution is 1.95. The number of rotatable bonds is 0. The van der Waals surface area contributed by atoms with Gasteiger partial charge >= 0.3 is 6.09 Å². The Bertz CT molecular complexity index is 116. The summed E-state index contributed by atoms with van der Waals surface area (Å²) >= 11 is 0. The van der Waals surface area contributed by atoms with Crippen molar-refractivity contribution in [3.8, 4) is 0 Å². The van der Waals surface area contributed by atoms with Crippen molar-refractivity contribution in [1.29, 1.82) is 0 Å². The fourth-order valence-corrected chi connectivity index (χ4v) is 0.139. The topological polar surface area (TPSA) is 64.7 Å². The molecule has 5 nitrogen and oxygen atoms in total. The number of carbonyl (C=O) groups is 1. The van der Waals surface area contributed by atoms with Gasteiger partial charge in [0, 0.05) is 0 Å². The second-order valence-corrected chi connectivity index (χ2v) is 0.695. The number of carbonyl (C=O) groups excluding carboxylic acids is 1. The Hall–Kier alpha value is -1.13. The summed E-state index contributed by atoms with van der Waals surface area (Å²) < 4.78 is 0. The van der Waals surface area contributed by atoms with E-state index in [1.54, 1.807) is 0 Å². The van der Waals surface area contributed by atoms with Gasteiger partial charge in [0.1, 0.15) is 5.11 Å². The second-order valence-electron chi connectivity index (χ2n) is 0.695. The van der Waals surface area contributed by atoms with E-state index in [1.165, 1.54) is 0 Å². The molecule has 1 aliphatic heterocycles. The van der Waals surface area contributed by atoms with Crippen LogP contribution in [-0.2, 0) is 4.84 Å². The molecule has 5 heteroatoms. The minimum Gasteiger partial charge on any atom is -0.273 e. The molecule has 0 aliphatic carbocycles. The van der Waals surface area contributed by atoms with E-state index in [-0.39, 0.29) is 5.02 Å². The molecule has 32 valence electrons. The van der Waals surface area contributed by atoms with E-state index in [4.69, 9.17) is 0 Å².